The first-order valence-electron chi connectivity index (χ1n) is 9.63. The van der Waals surface area contributed by atoms with E-state index in [1.807, 2.05) is 44.2 Å². The molecule has 0 spiro atoms. The summed E-state index contributed by atoms with van der Waals surface area (Å²) in [5.74, 6) is -0.104. The zero-order chi connectivity index (χ0) is 19.6. The number of aliphatic hydroxyl groups excluding tert-OH is 1. The van der Waals surface area contributed by atoms with E-state index in [-0.39, 0.29) is 35.1 Å². The molecule has 1 fully saturated rings. The van der Waals surface area contributed by atoms with Crippen molar-refractivity contribution >= 4 is 5.91 Å². The number of hydrogen-bond donors (Lipinski definition) is 2. The van der Waals surface area contributed by atoms with Gasteiger partial charge in [0.15, 0.2) is 0 Å². The third-order valence-corrected chi connectivity index (χ3v) is 5.67. The summed E-state index contributed by atoms with van der Waals surface area (Å²) in [5.41, 5.74) is 2.95. The minimum Gasteiger partial charge on any atom is -0.393 e. The van der Waals surface area contributed by atoms with Crippen LogP contribution in [-0.4, -0.2) is 27.7 Å². The summed E-state index contributed by atoms with van der Waals surface area (Å²) in [6.45, 7) is 3.93. The highest BCUT2D eigenvalue weighted by Gasteiger charge is 2.35. The Kier molecular flexibility index (Phi) is 5.80. The molecule has 2 aromatic rings. The molecular formula is C22H28N2O3. The molecule has 2 N–H and O–H groups in total. The second kappa shape index (κ2) is 8.09. The lowest BCUT2D eigenvalue weighted by atomic mass is 9.75. The first-order chi connectivity index (χ1) is 12.9. The Bertz CT molecular complexity index is 867. The highest BCUT2D eigenvalue weighted by Crippen LogP contribution is 2.32. The lowest BCUT2D eigenvalue weighted by Gasteiger charge is -2.38. The van der Waals surface area contributed by atoms with E-state index in [1.54, 1.807) is 17.7 Å². The Morgan fingerprint density at radius 3 is 2.56 bits per heavy atom. The third kappa shape index (κ3) is 4.14. The van der Waals surface area contributed by atoms with Gasteiger partial charge >= 0.3 is 0 Å². The van der Waals surface area contributed by atoms with Gasteiger partial charge in [0.05, 0.1) is 6.10 Å². The van der Waals surface area contributed by atoms with Gasteiger partial charge in [0.1, 0.15) is 5.56 Å². The maximum Gasteiger partial charge on any atom is 0.263 e. The van der Waals surface area contributed by atoms with Crippen LogP contribution in [0.15, 0.2) is 41.2 Å². The maximum absolute atomic E-state index is 12.9. The van der Waals surface area contributed by atoms with Gasteiger partial charge in [-0.15, -0.1) is 0 Å². The van der Waals surface area contributed by atoms with Gasteiger partial charge < -0.3 is 15.0 Å². The van der Waals surface area contributed by atoms with Crippen LogP contribution in [-0.2, 0) is 19.9 Å². The van der Waals surface area contributed by atoms with E-state index in [0.717, 1.165) is 23.2 Å². The highest BCUT2D eigenvalue weighted by molar-refractivity contribution is 5.94. The molecule has 5 heteroatoms. The quantitative estimate of drug-likeness (QED) is 0.822. The van der Waals surface area contributed by atoms with Gasteiger partial charge in [0, 0.05) is 18.8 Å². The largest absolute Gasteiger partial charge is 0.393 e. The smallest absolute Gasteiger partial charge is 0.263 e. The molecule has 1 atom stereocenters. The summed E-state index contributed by atoms with van der Waals surface area (Å²) in [6.07, 6.45) is 2.52. The van der Waals surface area contributed by atoms with Crippen LogP contribution >= 0.6 is 0 Å². The summed E-state index contributed by atoms with van der Waals surface area (Å²) in [4.78, 5) is 25.6. The van der Waals surface area contributed by atoms with Gasteiger partial charge in [-0.05, 0) is 55.7 Å². The molecule has 1 aromatic heterocycles. The normalized spacial score (nSPS) is 20.0. The van der Waals surface area contributed by atoms with E-state index in [9.17, 15) is 14.7 Å². The third-order valence-electron chi connectivity index (χ3n) is 5.67. The summed E-state index contributed by atoms with van der Waals surface area (Å²) in [7, 11) is 1.72. The Morgan fingerprint density at radius 1 is 1.30 bits per heavy atom. The predicted octanol–water partition coefficient (Wildman–Crippen LogP) is 2.37. The number of hydrogen-bond acceptors (Lipinski definition) is 3. The Hall–Kier alpha value is -2.40. The second-order valence-corrected chi connectivity index (χ2v) is 7.56. The number of aryl methyl sites for hydroxylation is 1. The fourth-order valence-corrected chi connectivity index (χ4v) is 4.02. The van der Waals surface area contributed by atoms with E-state index in [4.69, 9.17) is 0 Å². The lowest BCUT2D eigenvalue weighted by Crippen LogP contribution is -2.49. The zero-order valence-electron chi connectivity index (χ0n) is 16.2. The van der Waals surface area contributed by atoms with Crippen LogP contribution in [0.5, 0.6) is 0 Å². The van der Waals surface area contributed by atoms with Gasteiger partial charge in [-0.1, -0.05) is 37.3 Å². The van der Waals surface area contributed by atoms with Gasteiger partial charge in [-0.2, -0.15) is 0 Å². The van der Waals surface area contributed by atoms with E-state index >= 15 is 0 Å². The molecule has 0 unspecified atom stereocenters. The number of aromatic nitrogens is 1. The van der Waals surface area contributed by atoms with Crippen LogP contribution in [0.1, 0.15) is 46.9 Å². The summed E-state index contributed by atoms with van der Waals surface area (Å²) in [6, 6.07) is 11.6. The van der Waals surface area contributed by atoms with Crippen molar-refractivity contribution in [2.24, 2.45) is 13.0 Å². The Balaban J connectivity index is 1.83. The number of aliphatic hydroxyl groups is 1. The van der Waals surface area contributed by atoms with E-state index in [2.05, 4.69) is 5.32 Å². The van der Waals surface area contributed by atoms with E-state index in [0.29, 0.717) is 19.3 Å². The average Bonchev–Trinajstić information content (AvgIpc) is 2.63. The van der Waals surface area contributed by atoms with Crippen molar-refractivity contribution in [2.75, 3.05) is 0 Å². The molecule has 0 bridgehead atoms. The molecule has 27 heavy (non-hydrogen) atoms. The molecule has 1 heterocycles. The highest BCUT2D eigenvalue weighted by atomic mass is 16.3. The topological polar surface area (TPSA) is 71.3 Å². The minimum atomic E-state index is -0.330. The summed E-state index contributed by atoms with van der Waals surface area (Å²) in [5, 5.41) is 12.8. The van der Waals surface area contributed by atoms with Gasteiger partial charge in [-0.3, -0.25) is 9.59 Å². The van der Waals surface area contributed by atoms with Crippen molar-refractivity contribution in [1.82, 2.24) is 9.88 Å². The molecule has 144 valence electrons. The van der Waals surface area contributed by atoms with Crippen molar-refractivity contribution in [3.05, 3.63) is 69.1 Å². The minimum absolute atomic E-state index is 0.0980. The van der Waals surface area contributed by atoms with Crippen LogP contribution in [0.2, 0.25) is 0 Å². The fourth-order valence-electron chi connectivity index (χ4n) is 4.02. The molecule has 1 saturated carbocycles. The molecule has 0 radical (unpaired) electrons. The van der Waals surface area contributed by atoms with Gasteiger partial charge in [0.25, 0.3) is 11.5 Å². The number of rotatable bonds is 6. The number of pyridine rings is 1. The molecule has 1 aliphatic rings. The van der Waals surface area contributed by atoms with E-state index in [1.165, 1.54) is 0 Å². The predicted molar refractivity (Wildman–Crippen MR) is 106 cm³/mol. The first-order valence-corrected chi connectivity index (χ1v) is 9.63. The van der Waals surface area contributed by atoms with Crippen molar-refractivity contribution in [1.29, 1.82) is 0 Å². The van der Waals surface area contributed by atoms with Crippen LogP contribution in [0.3, 0.4) is 0 Å². The SMILES string of the molecule is CCc1c(C)cc(C(=O)N[C@H](Cc2ccccc2)C2CC(O)C2)c(=O)n1C. The number of amides is 1. The monoisotopic (exact) mass is 368 g/mol. The molecule has 0 aliphatic heterocycles. The second-order valence-electron chi connectivity index (χ2n) is 7.56. The van der Waals surface area contributed by atoms with Crippen molar-refractivity contribution in [3.63, 3.8) is 0 Å². The van der Waals surface area contributed by atoms with Crippen LogP contribution in [0.25, 0.3) is 0 Å². The maximum atomic E-state index is 12.9. The number of carbonyl (C=O) groups is 1. The van der Waals surface area contributed by atoms with Crippen LogP contribution < -0.4 is 10.9 Å². The molecule has 3 rings (SSSR count). The molecule has 1 aliphatic carbocycles. The number of carbonyl (C=O) groups excluding carboxylic acids is 1. The Labute approximate surface area is 160 Å². The zero-order valence-corrected chi connectivity index (χ0v) is 16.2. The standard InChI is InChI=1S/C22H28N2O3/c1-4-20-14(2)10-18(22(27)24(20)3)21(26)23-19(16-12-17(25)13-16)11-15-8-6-5-7-9-15/h5-10,16-17,19,25H,4,11-13H2,1-3H3,(H,23,26)/t16?,17?,19-/m1/s1. The van der Waals surface area contributed by atoms with Crippen molar-refractivity contribution in [3.8, 4) is 0 Å². The summed E-state index contributed by atoms with van der Waals surface area (Å²) < 4.78 is 1.57. The molecular weight excluding hydrogens is 340 g/mol. The van der Waals surface area contributed by atoms with Gasteiger partial charge in [0.2, 0.25) is 0 Å². The fraction of sp³-hybridized carbons (Fsp3) is 0.455. The van der Waals surface area contributed by atoms with Gasteiger partial charge in [-0.25, -0.2) is 0 Å². The molecule has 0 saturated heterocycles. The Morgan fingerprint density at radius 2 is 1.96 bits per heavy atom. The molecule has 5 nitrogen and oxygen atoms in total. The van der Waals surface area contributed by atoms with Crippen molar-refractivity contribution < 1.29 is 9.90 Å². The van der Waals surface area contributed by atoms with Crippen LogP contribution in [0, 0.1) is 12.8 Å². The van der Waals surface area contributed by atoms with Crippen molar-refractivity contribution in [2.45, 2.75) is 51.7 Å². The molecule has 1 aromatic carbocycles. The lowest BCUT2D eigenvalue weighted by molar-refractivity contribution is 0.0239. The average molecular weight is 368 g/mol. The molecule has 1 amide bonds. The summed E-state index contributed by atoms with van der Waals surface area (Å²) >= 11 is 0. The van der Waals surface area contributed by atoms with E-state index < -0.39 is 0 Å². The number of nitrogens with one attached hydrogen (secondary N) is 1. The number of nitrogens with zero attached hydrogens (tertiary/aromatic N) is 1. The first kappa shape index (κ1) is 19.4. The van der Waals surface area contributed by atoms with Crippen LogP contribution in [0.4, 0.5) is 0 Å². The number of benzene rings is 1.